The van der Waals surface area contributed by atoms with Gasteiger partial charge in [0.1, 0.15) is 0 Å². The molecule has 0 radical (unpaired) electrons. The van der Waals surface area contributed by atoms with Crippen LogP contribution in [0.4, 0.5) is 0 Å². The molecule has 23 heavy (non-hydrogen) atoms. The molecule has 3 aliphatic rings. The highest BCUT2D eigenvalue weighted by Gasteiger charge is 2.57. The summed E-state index contributed by atoms with van der Waals surface area (Å²) < 4.78 is 0. The molecular formula is C20H28O3. The number of fused-ring (bicyclic) bond motifs is 3. The highest BCUT2D eigenvalue weighted by Crippen LogP contribution is 2.61. The van der Waals surface area contributed by atoms with Gasteiger partial charge < -0.3 is 10.2 Å². The van der Waals surface area contributed by atoms with Crippen molar-refractivity contribution in [2.45, 2.75) is 59.2 Å². The predicted molar refractivity (Wildman–Crippen MR) is 90.7 cm³/mol. The van der Waals surface area contributed by atoms with Crippen molar-refractivity contribution in [3.63, 3.8) is 0 Å². The van der Waals surface area contributed by atoms with E-state index in [1.54, 1.807) is 19.1 Å². The third-order valence-electron chi connectivity index (χ3n) is 7.06. The minimum atomic E-state index is -0.942. The van der Waals surface area contributed by atoms with Crippen LogP contribution in [0, 0.1) is 22.2 Å². The van der Waals surface area contributed by atoms with Crippen LogP contribution in [0.2, 0.25) is 0 Å². The summed E-state index contributed by atoms with van der Waals surface area (Å²) in [4.78, 5) is 12.7. The Kier molecular flexibility index (Phi) is 3.55. The van der Waals surface area contributed by atoms with Gasteiger partial charge in [0, 0.05) is 0 Å². The molecule has 3 heteroatoms. The van der Waals surface area contributed by atoms with E-state index in [2.05, 4.69) is 33.4 Å². The molecule has 0 aromatic heterocycles. The van der Waals surface area contributed by atoms with Gasteiger partial charge >= 0.3 is 0 Å². The zero-order valence-electron chi connectivity index (χ0n) is 14.6. The minimum absolute atomic E-state index is 0.0713. The first-order chi connectivity index (χ1) is 10.6. The summed E-state index contributed by atoms with van der Waals surface area (Å²) in [6, 6.07) is 0. The zero-order chi connectivity index (χ0) is 17.2. The van der Waals surface area contributed by atoms with Gasteiger partial charge in [-0.25, -0.2) is 0 Å². The van der Waals surface area contributed by atoms with Crippen molar-refractivity contribution < 1.29 is 15.0 Å². The summed E-state index contributed by atoms with van der Waals surface area (Å²) in [5, 5.41) is 21.3. The van der Waals surface area contributed by atoms with Gasteiger partial charge in [0.2, 0.25) is 0 Å². The maximum absolute atomic E-state index is 12.7. The standard InChI is InChI=1S/C20H28O3/c1-6-19(4)16(22)11-13-12(17(19)23)7-8-14-18(2,3)15(21)9-10-20(13,14)5/h6-7,11,14-15,17,21,23H,1,8-10H2,2-5H3. The van der Waals surface area contributed by atoms with E-state index in [4.69, 9.17) is 0 Å². The molecule has 0 aromatic rings. The second kappa shape index (κ2) is 4.90. The average Bonchev–Trinajstić information content (AvgIpc) is 2.50. The van der Waals surface area contributed by atoms with Gasteiger partial charge in [-0.2, -0.15) is 0 Å². The van der Waals surface area contributed by atoms with Crippen LogP contribution in [0.15, 0.2) is 36.0 Å². The number of hydrogen-bond donors (Lipinski definition) is 2. The lowest BCUT2D eigenvalue weighted by molar-refractivity contribution is -0.126. The van der Waals surface area contributed by atoms with E-state index in [0.29, 0.717) is 0 Å². The van der Waals surface area contributed by atoms with Crippen LogP contribution in [-0.2, 0) is 4.79 Å². The van der Waals surface area contributed by atoms with Gasteiger partial charge in [-0.1, -0.05) is 32.9 Å². The molecule has 5 atom stereocenters. The van der Waals surface area contributed by atoms with E-state index in [0.717, 1.165) is 30.4 Å². The molecule has 0 aromatic carbocycles. The Morgan fingerprint density at radius 2 is 1.91 bits per heavy atom. The number of hydrogen-bond acceptors (Lipinski definition) is 3. The number of rotatable bonds is 1. The van der Waals surface area contributed by atoms with Crippen LogP contribution in [0.5, 0.6) is 0 Å². The molecular weight excluding hydrogens is 288 g/mol. The Labute approximate surface area is 138 Å². The topological polar surface area (TPSA) is 57.5 Å². The van der Waals surface area contributed by atoms with Gasteiger partial charge in [-0.05, 0) is 60.2 Å². The molecule has 2 N–H and O–H groups in total. The van der Waals surface area contributed by atoms with E-state index in [-0.39, 0.29) is 28.6 Å². The number of ketones is 1. The first-order valence-electron chi connectivity index (χ1n) is 8.56. The Morgan fingerprint density at radius 3 is 2.52 bits per heavy atom. The number of aliphatic hydroxyl groups excluding tert-OH is 2. The number of aliphatic hydroxyl groups is 2. The lowest BCUT2D eigenvalue weighted by atomic mass is 9.47. The average molecular weight is 316 g/mol. The SMILES string of the molecule is C=CC1(C)C(=O)C=C2C(=CCC3C2(C)CCC(O)C3(C)C)C1O. The van der Waals surface area contributed by atoms with Crippen molar-refractivity contribution in [3.8, 4) is 0 Å². The first kappa shape index (κ1) is 16.7. The molecule has 0 amide bonds. The van der Waals surface area contributed by atoms with E-state index in [1.807, 2.05) is 0 Å². The summed E-state index contributed by atoms with van der Waals surface area (Å²) in [5.41, 5.74) is 0.542. The van der Waals surface area contributed by atoms with Gasteiger partial charge in [0.05, 0.1) is 17.6 Å². The lowest BCUT2D eigenvalue weighted by Crippen LogP contribution is -2.54. The first-order valence-corrected chi connectivity index (χ1v) is 8.56. The summed E-state index contributed by atoms with van der Waals surface area (Å²) in [7, 11) is 0. The zero-order valence-corrected chi connectivity index (χ0v) is 14.6. The van der Waals surface area contributed by atoms with Crippen molar-refractivity contribution in [2.75, 3.05) is 0 Å². The monoisotopic (exact) mass is 316 g/mol. The largest absolute Gasteiger partial charge is 0.393 e. The second-order valence-electron chi connectivity index (χ2n) is 8.55. The smallest absolute Gasteiger partial charge is 0.168 e. The maximum atomic E-state index is 12.7. The predicted octanol–water partition coefficient (Wildman–Crippen LogP) is 3.18. The Hall–Kier alpha value is -1.19. The highest BCUT2D eigenvalue weighted by atomic mass is 16.3. The van der Waals surface area contributed by atoms with Gasteiger partial charge in [0.25, 0.3) is 0 Å². The normalized spacial score (nSPS) is 45.5. The third-order valence-corrected chi connectivity index (χ3v) is 7.06. The molecule has 0 heterocycles. The van der Waals surface area contributed by atoms with Crippen molar-refractivity contribution in [2.24, 2.45) is 22.2 Å². The van der Waals surface area contributed by atoms with E-state index < -0.39 is 11.5 Å². The Balaban J connectivity index is 2.14. The summed E-state index contributed by atoms with van der Waals surface area (Å²) >= 11 is 0. The third kappa shape index (κ3) is 1.99. The van der Waals surface area contributed by atoms with Crippen molar-refractivity contribution in [3.05, 3.63) is 36.0 Å². The molecule has 0 aliphatic heterocycles. The van der Waals surface area contributed by atoms with Crippen molar-refractivity contribution in [1.29, 1.82) is 0 Å². The fourth-order valence-corrected chi connectivity index (χ4v) is 5.07. The lowest BCUT2D eigenvalue weighted by Gasteiger charge is -2.57. The molecule has 126 valence electrons. The van der Waals surface area contributed by atoms with Crippen LogP contribution in [0.1, 0.15) is 47.0 Å². The molecule has 0 spiro atoms. The summed E-state index contributed by atoms with van der Waals surface area (Å²) in [6.45, 7) is 11.9. The van der Waals surface area contributed by atoms with Crippen LogP contribution in [0.3, 0.4) is 0 Å². The maximum Gasteiger partial charge on any atom is 0.168 e. The van der Waals surface area contributed by atoms with Gasteiger partial charge in [0.15, 0.2) is 5.78 Å². The molecule has 3 rings (SSSR count). The van der Waals surface area contributed by atoms with Crippen LogP contribution >= 0.6 is 0 Å². The molecule has 5 unspecified atom stereocenters. The fourth-order valence-electron chi connectivity index (χ4n) is 5.07. The number of carbonyl (C=O) groups excluding carboxylic acids is 1. The molecule has 1 fully saturated rings. The van der Waals surface area contributed by atoms with Gasteiger partial charge in [-0.15, -0.1) is 6.58 Å². The highest BCUT2D eigenvalue weighted by molar-refractivity contribution is 6.00. The van der Waals surface area contributed by atoms with Crippen LogP contribution in [-0.4, -0.2) is 28.2 Å². The van der Waals surface area contributed by atoms with E-state index >= 15 is 0 Å². The van der Waals surface area contributed by atoms with E-state index in [1.165, 1.54) is 0 Å². The molecule has 0 bridgehead atoms. The molecule has 3 nitrogen and oxygen atoms in total. The number of allylic oxidation sites excluding steroid dienone is 2. The second-order valence-corrected chi connectivity index (χ2v) is 8.55. The van der Waals surface area contributed by atoms with E-state index in [9.17, 15) is 15.0 Å². The molecule has 3 aliphatic carbocycles. The van der Waals surface area contributed by atoms with Crippen molar-refractivity contribution >= 4 is 5.78 Å². The van der Waals surface area contributed by atoms with Crippen LogP contribution < -0.4 is 0 Å². The quantitative estimate of drug-likeness (QED) is 0.731. The molecule has 0 saturated heterocycles. The van der Waals surface area contributed by atoms with Crippen LogP contribution in [0.25, 0.3) is 0 Å². The fraction of sp³-hybridized carbons (Fsp3) is 0.650. The Morgan fingerprint density at radius 1 is 1.26 bits per heavy atom. The van der Waals surface area contributed by atoms with Crippen molar-refractivity contribution in [1.82, 2.24) is 0 Å². The summed E-state index contributed by atoms with van der Waals surface area (Å²) in [5.74, 6) is 0.194. The minimum Gasteiger partial charge on any atom is -0.393 e. The molecule has 1 saturated carbocycles. The number of carbonyl (C=O) groups is 1. The Bertz CT molecular complexity index is 627. The van der Waals surface area contributed by atoms with Gasteiger partial charge in [-0.3, -0.25) is 4.79 Å². The summed E-state index contributed by atoms with van der Waals surface area (Å²) in [6.07, 6.45) is 6.63.